The zero-order valence-electron chi connectivity index (χ0n) is 14.1. The van der Waals surface area contributed by atoms with Crippen LogP contribution in [0.3, 0.4) is 0 Å². The van der Waals surface area contributed by atoms with Crippen molar-refractivity contribution in [3.63, 3.8) is 0 Å². The molecule has 8 heteroatoms. The van der Waals surface area contributed by atoms with E-state index in [0.29, 0.717) is 22.6 Å². The fourth-order valence-corrected chi connectivity index (χ4v) is 2.46. The maximum Gasteiger partial charge on any atom is 0.346 e. The van der Waals surface area contributed by atoms with E-state index in [-0.39, 0.29) is 24.7 Å². The summed E-state index contributed by atoms with van der Waals surface area (Å²) in [5, 5.41) is 15.9. The van der Waals surface area contributed by atoms with E-state index < -0.39 is 0 Å². The van der Waals surface area contributed by atoms with Gasteiger partial charge < -0.3 is 5.32 Å². The molecule has 3 rings (SSSR count). The molecule has 0 fully saturated rings. The van der Waals surface area contributed by atoms with Crippen molar-refractivity contribution in [2.45, 2.75) is 6.54 Å². The number of benzene rings is 1. The third kappa shape index (κ3) is 3.52. The summed E-state index contributed by atoms with van der Waals surface area (Å²) in [6.07, 6.45) is 1.63. The van der Waals surface area contributed by atoms with E-state index in [9.17, 15) is 9.59 Å². The van der Waals surface area contributed by atoms with Gasteiger partial charge in [-0.1, -0.05) is 12.1 Å². The van der Waals surface area contributed by atoms with E-state index in [2.05, 4.69) is 15.4 Å². The molecule has 8 nitrogen and oxygen atoms in total. The molecule has 2 aromatic heterocycles. The fourth-order valence-electron chi connectivity index (χ4n) is 2.46. The van der Waals surface area contributed by atoms with Crippen molar-refractivity contribution in [1.29, 1.82) is 5.26 Å². The number of amides is 1. The van der Waals surface area contributed by atoms with Crippen LogP contribution < -0.4 is 11.0 Å². The molecule has 0 spiro atoms. The number of nitrogens with zero attached hydrogens (tertiary/aromatic N) is 5. The number of carbonyl (C=O) groups is 1. The number of hydrogen-bond acceptors (Lipinski definition) is 5. The van der Waals surface area contributed by atoms with Gasteiger partial charge in [0.2, 0.25) is 0 Å². The first-order valence-electron chi connectivity index (χ1n) is 7.94. The van der Waals surface area contributed by atoms with Crippen LogP contribution in [-0.4, -0.2) is 31.8 Å². The first-order chi connectivity index (χ1) is 12.6. The van der Waals surface area contributed by atoms with Gasteiger partial charge in [0.05, 0.1) is 18.2 Å². The molecule has 0 aliphatic rings. The summed E-state index contributed by atoms with van der Waals surface area (Å²) in [6, 6.07) is 13.8. The second kappa shape index (κ2) is 7.44. The van der Waals surface area contributed by atoms with Crippen LogP contribution in [0.1, 0.15) is 15.9 Å². The Hall–Kier alpha value is -3.73. The predicted molar refractivity (Wildman–Crippen MR) is 94.2 cm³/mol. The van der Waals surface area contributed by atoms with Crippen LogP contribution in [0.5, 0.6) is 0 Å². The summed E-state index contributed by atoms with van der Waals surface area (Å²) in [4.78, 5) is 28.6. The highest BCUT2D eigenvalue weighted by Gasteiger charge is 2.13. The Labute approximate surface area is 149 Å². The number of hydrogen-bond donors (Lipinski definition) is 1. The van der Waals surface area contributed by atoms with Gasteiger partial charge in [-0.25, -0.2) is 9.48 Å². The van der Waals surface area contributed by atoms with Crippen LogP contribution in [0, 0.1) is 11.3 Å². The van der Waals surface area contributed by atoms with Crippen molar-refractivity contribution in [2.75, 3.05) is 6.54 Å². The highest BCUT2D eigenvalue weighted by Crippen LogP contribution is 2.10. The van der Waals surface area contributed by atoms with Gasteiger partial charge in [0.25, 0.3) is 5.91 Å². The first-order valence-corrected chi connectivity index (χ1v) is 7.94. The minimum atomic E-state index is -0.309. The molecular formula is C18H16N6O2. The number of pyridine rings is 1. The van der Waals surface area contributed by atoms with Crippen LogP contribution in [0.2, 0.25) is 0 Å². The molecule has 0 aliphatic carbocycles. The zero-order valence-corrected chi connectivity index (χ0v) is 14.1. The first kappa shape index (κ1) is 17.1. The molecule has 1 aromatic carbocycles. The van der Waals surface area contributed by atoms with Crippen molar-refractivity contribution in [2.24, 2.45) is 7.05 Å². The molecule has 26 heavy (non-hydrogen) atoms. The molecular weight excluding hydrogens is 332 g/mol. The molecule has 2 heterocycles. The maximum atomic E-state index is 12.3. The molecule has 3 aromatic rings. The number of carbonyl (C=O) groups excluding carboxylic acids is 1. The third-order valence-electron chi connectivity index (χ3n) is 3.80. The number of nitrogens with one attached hydrogen (secondary N) is 1. The van der Waals surface area contributed by atoms with Crippen molar-refractivity contribution in [3.05, 3.63) is 70.3 Å². The minimum Gasteiger partial charge on any atom is -0.350 e. The Balaban J connectivity index is 1.68. The molecule has 0 radical (unpaired) electrons. The van der Waals surface area contributed by atoms with Gasteiger partial charge in [0, 0.05) is 25.4 Å². The molecule has 0 saturated heterocycles. The number of aromatic nitrogens is 4. The molecule has 0 aliphatic heterocycles. The van der Waals surface area contributed by atoms with E-state index in [1.54, 1.807) is 43.6 Å². The van der Waals surface area contributed by atoms with Crippen LogP contribution >= 0.6 is 0 Å². The van der Waals surface area contributed by atoms with Gasteiger partial charge in [-0.3, -0.25) is 14.3 Å². The molecule has 0 bridgehead atoms. The van der Waals surface area contributed by atoms with Gasteiger partial charge in [0.15, 0.2) is 5.82 Å². The molecule has 0 saturated carbocycles. The molecule has 0 atom stereocenters. The average molecular weight is 348 g/mol. The van der Waals surface area contributed by atoms with Crippen LogP contribution in [0.15, 0.2) is 53.5 Å². The summed E-state index contributed by atoms with van der Waals surface area (Å²) in [5.74, 6) is 0.152. The Bertz CT molecular complexity index is 1030. The Kier molecular flexibility index (Phi) is 4.90. The van der Waals surface area contributed by atoms with E-state index in [1.807, 2.05) is 12.1 Å². The second-order valence-electron chi connectivity index (χ2n) is 5.55. The quantitative estimate of drug-likeness (QED) is 0.739. The highest BCUT2D eigenvalue weighted by molar-refractivity contribution is 5.94. The highest BCUT2D eigenvalue weighted by atomic mass is 16.2. The molecule has 1 N–H and O–H groups in total. The average Bonchev–Trinajstić information content (AvgIpc) is 2.97. The van der Waals surface area contributed by atoms with Gasteiger partial charge >= 0.3 is 5.69 Å². The lowest BCUT2D eigenvalue weighted by molar-refractivity contribution is 0.0951. The van der Waals surface area contributed by atoms with Gasteiger partial charge in [-0.2, -0.15) is 5.26 Å². The standard InChI is InChI=1S/C18H16N6O2/c1-23-16(15-7-2-3-8-20-15)22-24(18(23)26)10-9-21-17(25)14-6-4-5-13(11-14)12-19/h2-8,11H,9-10H2,1H3,(H,21,25). The van der Waals surface area contributed by atoms with Crippen LogP contribution in [0.4, 0.5) is 0 Å². The minimum absolute atomic E-state index is 0.225. The Morgan fingerprint density at radius 1 is 1.27 bits per heavy atom. The topological polar surface area (TPSA) is 106 Å². The molecule has 0 unspecified atom stereocenters. The van der Waals surface area contributed by atoms with Crippen molar-refractivity contribution < 1.29 is 4.79 Å². The second-order valence-corrected chi connectivity index (χ2v) is 5.55. The zero-order chi connectivity index (χ0) is 18.5. The largest absolute Gasteiger partial charge is 0.350 e. The summed E-state index contributed by atoms with van der Waals surface area (Å²) in [5.41, 5.74) is 1.12. The third-order valence-corrected chi connectivity index (χ3v) is 3.80. The van der Waals surface area contributed by atoms with E-state index in [4.69, 9.17) is 5.26 Å². The number of rotatable bonds is 5. The smallest absolute Gasteiger partial charge is 0.346 e. The summed E-state index contributed by atoms with van der Waals surface area (Å²) >= 11 is 0. The normalized spacial score (nSPS) is 10.3. The van der Waals surface area contributed by atoms with Crippen LogP contribution in [-0.2, 0) is 13.6 Å². The molecule has 130 valence electrons. The van der Waals surface area contributed by atoms with E-state index in [0.717, 1.165) is 0 Å². The lowest BCUT2D eigenvalue weighted by Gasteiger charge is -2.05. The fraction of sp³-hybridized carbons (Fsp3) is 0.167. The SMILES string of the molecule is Cn1c(-c2ccccn2)nn(CCNC(=O)c2cccc(C#N)c2)c1=O. The van der Waals surface area contributed by atoms with Gasteiger partial charge in [-0.05, 0) is 30.3 Å². The Morgan fingerprint density at radius 3 is 2.85 bits per heavy atom. The van der Waals surface area contributed by atoms with Crippen molar-refractivity contribution in [1.82, 2.24) is 24.6 Å². The van der Waals surface area contributed by atoms with Crippen molar-refractivity contribution in [3.8, 4) is 17.6 Å². The lowest BCUT2D eigenvalue weighted by Crippen LogP contribution is -2.31. The lowest BCUT2D eigenvalue weighted by atomic mass is 10.1. The van der Waals surface area contributed by atoms with Crippen LogP contribution in [0.25, 0.3) is 11.5 Å². The monoisotopic (exact) mass is 348 g/mol. The maximum absolute atomic E-state index is 12.3. The van der Waals surface area contributed by atoms with Crippen molar-refractivity contribution >= 4 is 5.91 Å². The summed E-state index contributed by atoms with van der Waals surface area (Å²) in [6.45, 7) is 0.456. The molecule has 1 amide bonds. The van der Waals surface area contributed by atoms with Gasteiger partial charge in [0.1, 0.15) is 5.69 Å². The summed E-state index contributed by atoms with van der Waals surface area (Å²) in [7, 11) is 1.63. The van der Waals surface area contributed by atoms with E-state index >= 15 is 0 Å². The predicted octanol–water partition coefficient (Wildman–Crippen LogP) is 0.945. The van der Waals surface area contributed by atoms with Gasteiger partial charge in [-0.15, -0.1) is 5.10 Å². The Morgan fingerprint density at radius 2 is 2.12 bits per heavy atom. The summed E-state index contributed by atoms with van der Waals surface area (Å²) < 4.78 is 2.70. The van der Waals surface area contributed by atoms with E-state index in [1.165, 1.54) is 15.3 Å². The number of nitriles is 1.